The maximum absolute atomic E-state index is 13.6. The molecule has 0 saturated carbocycles. The van der Waals surface area contributed by atoms with E-state index in [1.165, 1.54) is 30.3 Å². The third-order valence-corrected chi connectivity index (χ3v) is 2.39. The minimum atomic E-state index is -0.650. The molecule has 0 spiro atoms. The molecule has 0 bridgehead atoms. The number of rotatable bonds is 2. The lowest BCUT2D eigenvalue weighted by atomic mass is 10.0. The summed E-state index contributed by atoms with van der Waals surface area (Å²) in [6.45, 7) is 0. The van der Waals surface area contributed by atoms with Crippen LogP contribution >= 0.6 is 0 Å². The van der Waals surface area contributed by atoms with Crippen LogP contribution in [0, 0.1) is 11.6 Å². The Bertz CT molecular complexity index is 581. The van der Waals surface area contributed by atoms with Crippen LogP contribution in [0.4, 0.5) is 8.78 Å². The van der Waals surface area contributed by atoms with Gasteiger partial charge in [-0.25, -0.2) is 8.78 Å². The largest absolute Gasteiger partial charge is 0.366 e. The fourth-order valence-electron chi connectivity index (χ4n) is 1.56. The van der Waals surface area contributed by atoms with Crippen molar-refractivity contribution in [2.75, 3.05) is 0 Å². The van der Waals surface area contributed by atoms with Crippen molar-refractivity contribution in [1.29, 1.82) is 0 Å². The Hall–Kier alpha value is -2.23. The van der Waals surface area contributed by atoms with Crippen molar-refractivity contribution in [2.24, 2.45) is 5.73 Å². The summed E-state index contributed by atoms with van der Waals surface area (Å²) < 4.78 is 26.6. The van der Waals surface area contributed by atoms with Gasteiger partial charge in [0.2, 0.25) is 5.91 Å². The van der Waals surface area contributed by atoms with Gasteiger partial charge >= 0.3 is 0 Å². The predicted octanol–water partition coefficient (Wildman–Crippen LogP) is 2.73. The Labute approximate surface area is 96.7 Å². The summed E-state index contributed by atoms with van der Waals surface area (Å²) in [6.07, 6.45) is 0. The molecular formula is C13H9F2NO. The zero-order valence-corrected chi connectivity index (χ0v) is 8.78. The lowest BCUT2D eigenvalue weighted by Crippen LogP contribution is -2.11. The quantitative estimate of drug-likeness (QED) is 0.851. The topological polar surface area (TPSA) is 43.1 Å². The number of amides is 1. The molecule has 0 aliphatic carbocycles. The lowest BCUT2D eigenvalue weighted by molar-refractivity contribution is 0.100. The molecule has 1 amide bonds. The molecule has 0 atom stereocenters. The van der Waals surface area contributed by atoms with Crippen molar-refractivity contribution in [3.8, 4) is 11.1 Å². The average molecular weight is 233 g/mol. The van der Waals surface area contributed by atoms with Crippen LogP contribution in [0.1, 0.15) is 10.4 Å². The van der Waals surface area contributed by atoms with E-state index >= 15 is 0 Å². The summed E-state index contributed by atoms with van der Waals surface area (Å²) in [5, 5.41) is 0. The Morgan fingerprint density at radius 3 is 2.47 bits per heavy atom. The molecule has 0 aliphatic rings. The van der Waals surface area contributed by atoms with Gasteiger partial charge in [0.25, 0.3) is 0 Å². The molecule has 0 saturated heterocycles. The van der Waals surface area contributed by atoms with Crippen LogP contribution in [0.5, 0.6) is 0 Å². The average Bonchev–Trinajstić information content (AvgIpc) is 2.29. The van der Waals surface area contributed by atoms with Crippen LogP contribution in [0.2, 0.25) is 0 Å². The Balaban J connectivity index is 2.58. The van der Waals surface area contributed by atoms with Gasteiger partial charge in [-0.3, -0.25) is 4.79 Å². The van der Waals surface area contributed by atoms with Crippen molar-refractivity contribution >= 4 is 5.91 Å². The maximum Gasteiger partial charge on any atom is 0.248 e. The normalized spacial score (nSPS) is 10.2. The van der Waals surface area contributed by atoms with E-state index in [9.17, 15) is 13.6 Å². The summed E-state index contributed by atoms with van der Waals surface area (Å²) in [7, 11) is 0. The van der Waals surface area contributed by atoms with E-state index in [1.54, 1.807) is 6.07 Å². The predicted molar refractivity (Wildman–Crippen MR) is 60.3 cm³/mol. The molecule has 2 N–H and O–H groups in total. The van der Waals surface area contributed by atoms with Crippen LogP contribution < -0.4 is 5.73 Å². The van der Waals surface area contributed by atoms with Crippen LogP contribution in [-0.2, 0) is 0 Å². The van der Waals surface area contributed by atoms with Gasteiger partial charge in [-0.1, -0.05) is 12.1 Å². The minimum absolute atomic E-state index is 0.154. The number of nitrogens with two attached hydrogens (primary N) is 1. The number of primary amides is 1. The van der Waals surface area contributed by atoms with Crippen LogP contribution in [-0.4, -0.2) is 5.91 Å². The van der Waals surface area contributed by atoms with Gasteiger partial charge in [-0.2, -0.15) is 0 Å². The van der Waals surface area contributed by atoms with Crippen molar-refractivity contribution < 1.29 is 13.6 Å². The molecule has 0 unspecified atom stereocenters. The molecule has 17 heavy (non-hydrogen) atoms. The van der Waals surface area contributed by atoms with E-state index in [-0.39, 0.29) is 11.1 Å². The Morgan fingerprint density at radius 1 is 1.06 bits per heavy atom. The van der Waals surface area contributed by atoms with E-state index in [1.807, 2.05) is 0 Å². The van der Waals surface area contributed by atoms with Crippen molar-refractivity contribution in [1.82, 2.24) is 0 Å². The van der Waals surface area contributed by atoms with Gasteiger partial charge in [0.05, 0.1) is 0 Å². The van der Waals surface area contributed by atoms with E-state index < -0.39 is 17.5 Å². The van der Waals surface area contributed by atoms with Crippen molar-refractivity contribution in [3.05, 3.63) is 59.7 Å². The summed E-state index contributed by atoms with van der Waals surface area (Å²) in [6, 6.07) is 9.24. The zero-order valence-electron chi connectivity index (χ0n) is 8.78. The van der Waals surface area contributed by atoms with E-state index in [4.69, 9.17) is 5.73 Å². The number of carbonyl (C=O) groups is 1. The Kier molecular flexibility index (Phi) is 2.87. The first-order chi connectivity index (χ1) is 8.08. The number of hydrogen-bond acceptors (Lipinski definition) is 1. The molecule has 86 valence electrons. The van der Waals surface area contributed by atoms with Crippen LogP contribution in [0.3, 0.4) is 0 Å². The summed E-state index contributed by atoms with van der Waals surface area (Å²) in [5.74, 6) is -1.64. The molecule has 2 nitrogen and oxygen atoms in total. The molecule has 0 aliphatic heterocycles. The second-order valence-electron chi connectivity index (χ2n) is 3.57. The first-order valence-corrected chi connectivity index (χ1v) is 4.93. The number of hydrogen-bond donors (Lipinski definition) is 1. The number of benzene rings is 2. The van der Waals surface area contributed by atoms with Crippen LogP contribution in [0.15, 0.2) is 42.5 Å². The smallest absolute Gasteiger partial charge is 0.248 e. The first kappa shape index (κ1) is 11.3. The van der Waals surface area contributed by atoms with Gasteiger partial charge in [0, 0.05) is 11.1 Å². The highest BCUT2D eigenvalue weighted by Crippen LogP contribution is 2.24. The van der Waals surface area contributed by atoms with Gasteiger partial charge < -0.3 is 5.73 Å². The standard InChI is InChI=1S/C13H9F2NO/c14-10-3-1-2-8(6-10)11-7-9(13(16)17)4-5-12(11)15/h1-7H,(H2,16,17). The van der Waals surface area contributed by atoms with E-state index in [0.717, 1.165) is 6.07 Å². The van der Waals surface area contributed by atoms with Gasteiger partial charge in [-0.15, -0.1) is 0 Å². The van der Waals surface area contributed by atoms with E-state index in [0.29, 0.717) is 5.56 Å². The molecule has 0 radical (unpaired) electrons. The second kappa shape index (κ2) is 4.33. The first-order valence-electron chi connectivity index (χ1n) is 4.93. The van der Waals surface area contributed by atoms with Gasteiger partial charge in [-0.05, 0) is 35.9 Å². The second-order valence-corrected chi connectivity index (χ2v) is 3.57. The highest BCUT2D eigenvalue weighted by atomic mass is 19.1. The van der Waals surface area contributed by atoms with Crippen LogP contribution in [0.25, 0.3) is 11.1 Å². The fourth-order valence-corrected chi connectivity index (χ4v) is 1.56. The maximum atomic E-state index is 13.6. The molecule has 0 fully saturated rings. The summed E-state index contributed by atoms with van der Waals surface area (Å²) in [4.78, 5) is 11.0. The molecular weight excluding hydrogens is 224 g/mol. The summed E-state index contributed by atoms with van der Waals surface area (Å²) >= 11 is 0. The minimum Gasteiger partial charge on any atom is -0.366 e. The number of carbonyl (C=O) groups excluding carboxylic acids is 1. The van der Waals surface area contributed by atoms with Crippen molar-refractivity contribution in [2.45, 2.75) is 0 Å². The van der Waals surface area contributed by atoms with Gasteiger partial charge in [0.15, 0.2) is 0 Å². The van der Waals surface area contributed by atoms with Crippen molar-refractivity contribution in [3.63, 3.8) is 0 Å². The monoisotopic (exact) mass is 233 g/mol. The molecule has 2 aromatic rings. The molecule has 4 heteroatoms. The zero-order chi connectivity index (χ0) is 12.4. The lowest BCUT2D eigenvalue weighted by Gasteiger charge is -2.05. The fraction of sp³-hybridized carbons (Fsp3) is 0. The molecule has 2 aromatic carbocycles. The Morgan fingerprint density at radius 2 is 1.82 bits per heavy atom. The summed E-state index contributed by atoms with van der Waals surface area (Å²) in [5.41, 5.74) is 5.81. The highest BCUT2D eigenvalue weighted by molar-refractivity contribution is 5.94. The van der Waals surface area contributed by atoms with Gasteiger partial charge in [0.1, 0.15) is 11.6 Å². The molecule has 0 aromatic heterocycles. The third kappa shape index (κ3) is 2.30. The molecule has 0 heterocycles. The third-order valence-electron chi connectivity index (χ3n) is 2.39. The molecule has 2 rings (SSSR count). The van der Waals surface area contributed by atoms with E-state index in [2.05, 4.69) is 0 Å². The highest BCUT2D eigenvalue weighted by Gasteiger charge is 2.09. The number of halogens is 2. The SMILES string of the molecule is NC(=O)c1ccc(F)c(-c2cccc(F)c2)c1.